The monoisotopic (exact) mass is 295 g/mol. The maximum Gasteiger partial charge on any atom is 0.269 e. The summed E-state index contributed by atoms with van der Waals surface area (Å²) in [6.07, 6.45) is 1.33. The molecule has 1 aliphatic rings. The van der Waals surface area contributed by atoms with Crippen molar-refractivity contribution < 1.29 is 14.8 Å². The fourth-order valence-corrected chi connectivity index (χ4v) is 2.62. The molecule has 19 heavy (non-hydrogen) atoms. The van der Waals surface area contributed by atoms with Gasteiger partial charge in [-0.3, -0.25) is 19.8 Å². The van der Waals surface area contributed by atoms with Crippen molar-refractivity contribution in [2.45, 2.75) is 0 Å². The standard InChI is InChI=1S/C11H8N2O4S2/c1-12-10(15)9(19-11(12)18)5-6-4-7(13(16)17)2-3-8(6)14/h2-5,14H,1H3/p-1. The summed E-state index contributed by atoms with van der Waals surface area (Å²) in [7, 11) is 1.53. The largest absolute Gasteiger partial charge is 0.872 e. The third kappa shape index (κ3) is 2.59. The van der Waals surface area contributed by atoms with Crippen molar-refractivity contribution in [1.82, 2.24) is 4.90 Å². The third-order valence-electron chi connectivity index (χ3n) is 2.48. The van der Waals surface area contributed by atoms with Gasteiger partial charge in [-0.15, -0.1) is 5.75 Å². The van der Waals surface area contributed by atoms with Crippen molar-refractivity contribution in [2.24, 2.45) is 0 Å². The van der Waals surface area contributed by atoms with Crippen LogP contribution in [0, 0.1) is 10.1 Å². The second-order valence-corrected chi connectivity index (χ2v) is 5.40. The quantitative estimate of drug-likeness (QED) is 0.356. The van der Waals surface area contributed by atoms with E-state index in [1.165, 1.54) is 18.0 Å². The second-order valence-electron chi connectivity index (χ2n) is 3.72. The van der Waals surface area contributed by atoms with Crippen LogP contribution in [0.2, 0.25) is 0 Å². The zero-order chi connectivity index (χ0) is 14.2. The Bertz CT molecular complexity index is 627. The Morgan fingerprint density at radius 2 is 2.16 bits per heavy atom. The normalized spacial score (nSPS) is 17.3. The molecule has 2 rings (SSSR count). The molecule has 1 amide bonds. The minimum Gasteiger partial charge on any atom is -0.872 e. The molecule has 0 aliphatic carbocycles. The first-order valence-electron chi connectivity index (χ1n) is 5.07. The number of amides is 1. The van der Waals surface area contributed by atoms with E-state index in [9.17, 15) is 20.0 Å². The van der Waals surface area contributed by atoms with Gasteiger partial charge in [0.05, 0.1) is 9.83 Å². The lowest BCUT2D eigenvalue weighted by Gasteiger charge is -2.09. The molecule has 1 heterocycles. The van der Waals surface area contributed by atoms with Crippen LogP contribution in [0.1, 0.15) is 5.56 Å². The first-order chi connectivity index (χ1) is 8.90. The van der Waals surface area contributed by atoms with Crippen LogP contribution >= 0.6 is 24.0 Å². The van der Waals surface area contributed by atoms with Gasteiger partial charge in [0.15, 0.2) is 0 Å². The molecule has 0 aromatic heterocycles. The molecule has 1 aromatic rings. The fourth-order valence-electron chi connectivity index (χ4n) is 1.45. The van der Waals surface area contributed by atoms with Crippen LogP contribution in [0.5, 0.6) is 5.75 Å². The number of carbonyl (C=O) groups is 1. The average Bonchev–Trinajstić information content (AvgIpc) is 2.59. The lowest BCUT2D eigenvalue weighted by Crippen LogP contribution is -2.22. The summed E-state index contributed by atoms with van der Waals surface area (Å²) in [6, 6.07) is 3.38. The first-order valence-corrected chi connectivity index (χ1v) is 6.29. The van der Waals surface area contributed by atoms with E-state index < -0.39 is 4.92 Å². The van der Waals surface area contributed by atoms with Crippen LogP contribution in [0.4, 0.5) is 5.69 Å². The van der Waals surface area contributed by atoms with Crippen LogP contribution in [0.25, 0.3) is 6.08 Å². The highest BCUT2D eigenvalue weighted by molar-refractivity contribution is 8.26. The zero-order valence-electron chi connectivity index (χ0n) is 9.65. The Morgan fingerprint density at radius 1 is 1.47 bits per heavy atom. The van der Waals surface area contributed by atoms with E-state index in [0.29, 0.717) is 4.32 Å². The number of hydrogen-bond donors (Lipinski definition) is 0. The van der Waals surface area contributed by atoms with E-state index >= 15 is 0 Å². The Kier molecular flexibility index (Phi) is 3.54. The van der Waals surface area contributed by atoms with Crippen LogP contribution < -0.4 is 5.11 Å². The summed E-state index contributed by atoms with van der Waals surface area (Å²) in [5.74, 6) is -0.701. The highest BCUT2D eigenvalue weighted by Gasteiger charge is 2.28. The van der Waals surface area contributed by atoms with Gasteiger partial charge in [0.1, 0.15) is 4.32 Å². The number of rotatable bonds is 2. The zero-order valence-corrected chi connectivity index (χ0v) is 11.3. The summed E-state index contributed by atoms with van der Waals surface area (Å²) < 4.78 is 0.383. The average molecular weight is 295 g/mol. The van der Waals surface area contributed by atoms with Gasteiger partial charge in [-0.1, -0.05) is 30.0 Å². The molecule has 0 unspecified atom stereocenters. The number of nitro benzene ring substituents is 1. The van der Waals surface area contributed by atoms with Gasteiger partial charge >= 0.3 is 0 Å². The minimum absolute atomic E-state index is 0.100. The number of benzene rings is 1. The predicted octanol–water partition coefficient (Wildman–Crippen LogP) is 1.50. The van der Waals surface area contributed by atoms with E-state index in [0.717, 1.165) is 30.0 Å². The Labute approximate surface area is 117 Å². The van der Waals surface area contributed by atoms with Crippen molar-refractivity contribution in [3.8, 4) is 5.75 Å². The summed E-state index contributed by atoms with van der Waals surface area (Å²) in [4.78, 5) is 23.4. The minimum atomic E-state index is -0.595. The molecule has 6 nitrogen and oxygen atoms in total. The molecule has 0 saturated carbocycles. The molecule has 1 saturated heterocycles. The van der Waals surface area contributed by atoms with Crippen molar-refractivity contribution in [1.29, 1.82) is 0 Å². The Balaban J connectivity index is 2.43. The van der Waals surface area contributed by atoms with Gasteiger partial charge in [-0.05, 0) is 11.6 Å². The van der Waals surface area contributed by atoms with Gasteiger partial charge in [0, 0.05) is 19.2 Å². The third-order valence-corrected chi connectivity index (χ3v) is 3.96. The predicted molar refractivity (Wildman–Crippen MR) is 73.5 cm³/mol. The van der Waals surface area contributed by atoms with Gasteiger partial charge in [-0.25, -0.2) is 0 Å². The number of likely N-dealkylation sites (N-methyl/N-ethyl adjacent to an activating group) is 1. The van der Waals surface area contributed by atoms with Crippen molar-refractivity contribution >= 4 is 46.0 Å². The molecule has 98 valence electrons. The lowest BCUT2D eigenvalue weighted by molar-refractivity contribution is -0.385. The number of thiocarbonyl (C=S) groups is 1. The topological polar surface area (TPSA) is 86.5 Å². The van der Waals surface area contributed by atoms with Crippen LogP contribution in [-0.2, 0) is 4.79 Å². The molecule has 8 heteroatoms. The number of non-ortho nitro benzene ring substituents is 1. The van der Waals surface area contributed by atoms with Crippen LogP contribution in [0.3, 0.4) is 0 Å². The Morgan fingerprint density at radius 3 is 2.68 bits per heavy atom. The van der Waals surface area contributed by atoms with E-state index in [2.05, 4.69) is 0 Å². The Hall–Kier alpha value is -1.93. The van der Waals surface area contributed by atoms with Gasteiger partial charge < -0.3 is 5.11 Å². The SMILES string of the molecule is CN1C(=O)C(=Cc2cc([N+](=O)[O-])ccc2[O-])SC1=S. The molecule has 0 radical (unpaired) electrons. The van der Waals surface area contributed by atoms with E-state index in [1.54, 1.807) is 0 Å². The molecular formula is C11H7N2O4S2-. The summed E-state index contributed by atoms with van der Waals surface area (Å²) in [5, 5.41) is 22.3. The van der Waals surface area contributed by atoms with Crippen molar-refractivity contribution in [2.75, 3.05) is 7.05 Å². The summed E-state index contributed by atoms with van der Waals surface area (Å²) in [5.41, 5.74) is -0.0963. The highest BCUT2D eigenvalue weighted by atomic mass is 32.2. The summed E-state index contributed by atoms with van der Waals surface area (Å²) >= 11 is 6.01. The van der Waals surface area contributed by atoms with E-state index in [1.807, 2.05) is 0 Å². The van der Waals surface area contributed by atoms with E-state index in [-0.39, 0.29) is 27.8 Å². The number of hydrogen-bond acceptors (Lipinski definition) is 6. The van der Waals surface area contributed by atoms with Gasteiger partial charge in [0.25, 0.3) is 11.6 Å². The molecule has 0 atom stereocenters. The smallest absolute Gasteiger partial charge is 0.269 e. The molecule has 0 bridgehead atoms. The molecule has 1 fully saturated rings. The maximum absolute atomic E-state index is 11.8. The maximum atomic E-state index is 11.8. The molecule has 1 aromatic carbocycles. The first kappa shape index (κ1) is 13.5. The van der Waals surface area contributed by atoms with E-state index in [4.69, 9.17) is 12.2 Å². The molecule has 0 N–H and O–H groups in total. The highest BCUT2D eigenvalue weighted by Crippen LogP contribution is 2.33. The van der Waals surface area contributed by atoms with Crippen LogP contribution in [0.15, 0.2) is 23.1 Å². The second kappa shape index (κ2) is 4.98. The number of nitro groups is 1. The number of carbonyl (C=O) groups excluding carboxylic acids is 1. The molecule has 1 aliphatic heterocycles. The van der Waals surface area contributed by atoms with Gasteiger partial charge in [0.2, 0.25) is 0 Å². The lowest BCUT2D eigenvalue weighted by atomic mass is 10.1. The molecule has 0 spiro atoms. The van der Waals surface area contributed by atoms with Gasteiger partial charge in [-0.2, -0.15) is 0 Å². The number of nitrogens with zero attached hydrogens (tertiary/aromatic N) is 2. The number of thioether (sulfide) groups is 1. The van der Waals surface area contributed by atoms with Crippen molar-refractivity contribution in [3.05, 3.63) is 38.8 Å². The summed E-state index contributed by atoms with van der Waals surface area (Å²) in [6.45, 7) is 0. The van der Waals surface area contributed by atoms with Crippen LogP contribution in [-0.4, -0.2) is 27.1 Å². The van der Waals surface area contributed by atoms with Crippen molar-refractivity contribution in [3.63, 3.8) is 0 Å². The molecular weight excluding hydrogens is 288 g/mol. The fraction of sp³-hybridized carbons (Fsp3) is 0.0909.